The first-order valence-corrected chi connectivity index (χ1v) is 8.16. The van der Waals surface area contributed by atoms with Crippen molar-refractivity contribution in [3.63, 3.8) is 0 Å². The Morgan fingerprint density at radius 2 is 1.76 bits per heavy atom. The molecule has 4 aromatic rings. The number of fused-ring (bicyclic) bond motifs is 1. The summed E-state index contributed by atoms with van der Waals surface area (Å²) < 4.78 is 0. The van der Waals surface area contributed by atoms with Crippen molar-refractivity contribution in [1.29, 1.82) is 0 Å². The van der Waals surface area contributed by atoms with Gasteiger partial charge in [0.15, 0.2) is 5.82 Å². The second kappa shape index (κ2) is 6.65. The zero-order chi connectivity index (χ0) is 17.1. The Balaban J connectivity index is 1.79. The summed E-state index contributed by atoms with van der Waals surface area (Å²) in [5, 5.41) is 4.46. The van der Waals surface area contributed by atoms with Crippen molar-refractivity contribution in [2.75, 3.05) is 5.32 Å². The fourth-order valence-corrected chi connectivity index (χ4v) is 2.72. The Labute approximate surface area is 145 Å². The van der Waals surface area contributed by atoms with Crippen LogP contribution >= 0.6 is 0 Å². The summed E-state index contributed by atoms with van der Waals surface area (Å²) in [4.78, 5) is 18.0. The van der Waals surface area contributed by atoms with E-state index in [0.717, 1.165) is 28.0 Å². The largest absolute Gasteiger partial charge is 0.361 e. The number of nitrogens with zero attached hydrogens (tertiary/aromatic N) is 4. The molecule has 0 spiro atoms. The molecule has 0 radical (unpaired) electrons. The van der Waals surface area contributed by atoms with Crippen LogP contribution in [0.25, 0.3) is 22.3 Å². The number of pyridine rings is 2. The quantitative estimate of drug-likeness (QED) is 0.607. The van der Waals surface area contributed by atoms with Crippen molar-refractivity contribution in [1.82, 2.24) is 19.9 Å². The van der Waals surface area contributed by atoms with Crippen LogP contribution in [0.1, 0.15) is 18.7 Å². The Morgan fingerprint density at radius 3 is 2.56 bits per heavy atom. The van der Waals surface area contributed by atoms with Crippen molar-refractivity contribution in [2.24, 2.45) is 0 Å². The van der Waals surface area contributed by atoms with Gasteiger partial charge in [0.1, 0.15) is 5.82 Å². The molecule has 0 aliphatic rings. The van der Waals surface area contributed by atoms with Crippen LogP contribution in [-0.4, -0.2) is 19.9 Å². The molecule has 5 nitrogen and oxygen atoms in total. The summed E-state index contributed by atoms with van der Waals surface area (Å²) in [6, 6.07) is 17.8. The summed E-state index contributed by atoms with van der Waals surface area (Å²) >= 11 is 0. The van der Waals surface area contributed by atoms with E-state index in [1.54, 1.807) is 18.6 Å². The smallest absolute Gasteiger partial charge is 0.163 e. The molecule has 1 aromatic carbocycles. The van der Waals surface area contributed by atoms with Gasteiger partial charge in [0, 0.05) is 29.5 Å². The van der Waals surface area contributed by atoms with Crippen LogP contribution < -0.4 is 5.32 Å². The van der Waals surface area contributed by atoms with Gasteiger partial charge in [-0.2, -0.15) is 0 Å². The number of anilines is 1. The first-order chi connectivity index (χ1) is 12.3. The van der Waals surface area contributed by atoms with Crippen molar-refractivity contribution < 1.29 is 0 Å². The lowest BCUT2D eigenvalue weighted by Gasteiger charge is -2.16. The Morgan fingerprint density at radius 1 is 0.880 bits per heavy atom. The van der Waals surface area contributed by atoms with Crippen molar-refractivity contribution in [2.45, 2.75) is 13.0 Å². The molecule has 122 valence electrons. The van der Waals surface area contributed by atoms with Gasteiger partial charge in [-0.25, -0.2) is 9.97 Å². The van der Waals surface area contributed by atoms with Gasteiger partial charge < -0.3 is 5.32 Å². The van der Waals surface area contributed by atoms with E-state index in [1.165, 1.54) is 0 Å². The minimum Gasteiger partial charge on any atom is -0.361 e. The molecule has 0 saturated heterocycles. The van der Waals surface area contributed by atoms with E-state index in [2.05, 4.69) is 27.2 Å². The molecular weight excluding hydrogens is 310 g/mol. The van der Waals surface area contributed by atoms with Gasteiger partial charge in [-0.05, 0) is 43.3 Å². The van der Waals surface area contributed by atoms with Gasteiger partial charge in [-0.3, -0.25) is 9.97 Å². The Hall–Kier alpha value is -3.34. The maximum atomic E-state index is 4.75. The zero-order valence-corrected chi connectivity index (χ0v) is 13.8. The van der Waals surface area contributed by atoms with Crippen LogP contribution in [0.5, 0.6) is 0 Å². The molecule has 0 aliphatic carbocycles. The minimum atomic E-state index is 0.0289. The molecule has 4 rings (SSSR count). The third-order valence-electron chi connectivity index (χ3n) is 4.01. The average molecular weight is 327 g/mol. The molecule has 1 N–H and O–H groups in total. The standard InChI is InChI=1S/C20H17N5/c1-14(17-9-4-5-12-22-17)23-20-16-8-2-3-10-18(16)24-19(25-20)15-7-6-11-21-13-15/h2-14H,1H3,(H,23,24,25). The number of hydrogen-bond donors (Lipinski definition) is 1. The number of nitrogens with one attached hydrogen (secondary N) is 1. The average Bonchev–Trinajstić information content (AvgIpc) is 2.69. The first-order valence-electron chi connectivity index (χ1n) is 8.16. The topological polar surface area (TPSA) is 63.6 Å². The van der Waals surface area contributed by atoms with E-state index >= 15 is 0 Å². The van der Waals surface area contributed by atoms with E-state index in [9.17, 15) is 0 Å². The molecule has 1 atom stereocenters. The van der Waals surface area contributed by atoms with Crippen LogP contribution in [0.15, 0.2) is 73.2 Å². The maximum Gasteiger partial charge on any atom is 0.163 e. The number of benzene rings is 1. The molecule has 25 heavy (non-hydrogen) atoms. The maximum absolute atomic E-state index is 4.75. The third-order valence-corrected chi connectivity index (χ3v) is 4.01. The Kier molecular flexibility index (Phi) is 4.04. The van der Waals surface area contributed by atoms with E-state index in [0.29, 0.717) is 5.82 Å². The van der Waals surface area contributed by atoms with E-state index in [-0.39, 0.29) is 6.04 Å². The highest BCUT2D eigenvalue weighted by atomic mass is 15.1. The van der Waals surface area contributed by atoms with Gasteiger partial charge in [-0.1, -0.05) is 18.2 Å². The van der Waals surface area contributed by atoms with Gasteiger partial charge >= 0.3 is 0 Å². The predicted octanol–water partition coefficient (Wildman–Crippen LogP) is 4.26. The third kappa shape index (κ3) is 3.17. The molecular formula is C20H17N5. The zero-order valence-electron chi connectivity index (χ0n) is 13.8. The molecule has 3 aromatic heterocycles. The molecule has 1 unspecified atom stereocenters. The molecule has 0 aliphatic heterocycles. The number of hydrogen-bond acceptors (Lipinski definition) is 5. The van der Waals surface area contributed by atoms with Gasteiger partial charge in [0.05, 0.1) is 17.3 Å². The fraction of sp³-hybridized carbons (Fsp3) is 0.100. The van der Waals surface area contributed by atoms with Crippen molar-refractivity contribution in [3.05, 3.63) is 78.9 Å². The lowest BCUT2D eigenvalue weighted by molar-refractivity contribution is 0.833. The number of para-hydroxylation sites is 1. The van der Waals surface area contributed by atoms with Crippen LogP contribution in [0.2, 0.25) is 0 Å². The highest BCUT2D eigenvalue weighted by molar-refractivity contribution is 5.90. The van der Waals surface area contributed by atoms with Crippen LogP contribution in [0.4, 0.5) is 5.82 Å². The molecule has 0 fully saturated rings. The van der Waals surface area contributed by atoms with Crippen molar-refractivity contribution >= 4 is 16.7 Å². The number of rotatable bonds is 4. The predicted molar refractivity (Wildman–Crippen MR) is 99.0 cm³/mol. The summed E-state index contributed by atoms with van der Waals surface area (Å²) in [6.45, 7) is 2.07. The Bertz CT molecular complexity index is 987. The summed E-state index contributed by atoms with van der Waals surface area (Å²) in [7, 11) is 0. The van der Waals surface area contributed by atoms with E-state index < -0.39 is 0 Å². The lowest BCUT2D eigenvalue weighted by Crippen LogP contribution is -2.10. The van der Waals surface area contributed by atoms with Crippen LogP contribution in [-0.2, 0) is 0 Å². The minimum absolute atomic E-state index is 0.0289. The molecule has 0 saturated carbocycles. The monoisotopic (exact) mass is 327 g/mol. The summed E-state index contributed by atoms with van der Waals surface area (Å²) in [5.41, 5.74) is 2.75. The normalized spacial score (nSPS) is 12.0. The van der Waals surface area contributed by atoms with Crippen LogP contribution in [0, 0.1) is 0 Å². The van der Waals surface area contributed by atoms with Crippen molar-refractivity contribution in [3.8, 4) is 11.4 Å². The highest BCUT2D eigenvalue weighted by Gasteiger charge is 2.13. The first kappa shape index (κ1) is 15.2. The second-order valence-corrected chi connectivity index (χ2v) is 5.78. The second-order valence-electron chi connectivity index (χ2n) is 5.78. The van der Waals surface area contributed by atoms with E-state index in [1.807, 2.05) is 54.6 Å². The molecule has 5 heteroatoms. The SMILES string of the molecule is CC(Nc1nc(-c2cccnc2)nc2ccccc12)c1ccccn1. The highest BCUT2D eigenvalue weighted by Crippen LogP contribution is 2.27. The fourth-order valence-electron chi connectivity index (χ4n) is 2.72. The van der Waals surface area contributed by atoms with Gasteiger partial charge in [0.2, 0.25) is 0 Å². The van der Waals surface area contributed by atoms with Crippen LogP contribution in [0.3, 0.4) is 0 Å². The summed E-state index contributed by atoms with van der Waals surface area (Å²) in [6.07, 6.45) is 5.32. The molecule has 0 bridgehead atoms. The summed E-state index contributed by atoms with van der Waals surface area (Å²) in [5.74, 6) is 1.45. The van der Waals surface area contributed by atoms with Gasteiger partial charge in [0.25, 0.3) is 0 Å². The molecule has 0 amide bonds. The number of aromatic nitrogens is 4. The molecule has 3 heterocycles. The lowest BCUT2D eigenvalue weighted by atomic mass is 10.1. The van der Waals surface area contributed by atoms with E-state index in [4.69, 9.17) is 4.98 Å². The van der Waals surface area contributed by atoms with Gasteiger partial charge in [-0.15, -0.1) is 0 Å².